The number of carbonyl (C=O) groups is 1. The van der Waals surface area contributed by atoms with Crippen LogP contribution in [-0.2, 0) is 10.4 Å². The van der Waals surface area contributed by atoms with Crippen LogP contribution in [0.15, 0.2) is 23.2 Å². The number of nitrogens with zero attached hydrogens (tertiary/aromatic N) is 1. The van der Waals surface area contributed by atoms with Crippen LogP contribution >= 0.6 is 0 Å². The summed E-state index contributed by atoms with van der Waals surface area (Å²) in [5.74, 6) is 0.847. The molecule has 0 spiro atoms. The van der Waals surface area contributed by atoms with Gasteiger partial charge in [-0.25, -0.2) is 0 Å². The third-order valence-corrected chi connectivity index (χ3v) is 6.62. The van der Waals surface area contributed by atoms with Gasteiger partial charge in [0.15, 0.2) is 0 Å². The summed E-state index contributed by atoms with van der Waals surface area (Å²) < 4.78 is 36.5. The maximum absolute atomic E-state index is 12.2. The molecule has 0 aliphatic heterocycles. The third kappa shape index (κ3) is 9.23. The van der Waals surface area contributed by atoms with E-state index in [4.69, 9.17) is 0 Å². The lowest BCUT2D eigenvalue weighted by atomic mass is 9.86. The number of hydrogen-bond acceptors (Lipinski definition) is 3. The molecule has 3 rings (SSSR count). The Balaban J connectivity index is 0.000000277. The second-order valence-electron chi connectivity index (χ2n) is 11.0. The van der Waals surface area contributed by atoms with Gasteiger partial charge in [-0.1, -0.05) is 46.8 Å². The maximum Gasteiger partial charge on any atom is 0.394 e. The van der Waals surface area contributed by atoms with E-state index in [1.807, 2.05) is 32.0 Å². The average molecular weight is 470 g/mol. The number of Topliss-reactive ketones (excluding diaryl/α,β-unsaturated/α-hetero) is 1. The van der Waals surface area contributed by atoms with Gasteiger partial charge >= 0.3 is 6.18 Å². The molecule has 0 bridgehead atoms. The van der Waals surface area contributed by atoms with Crippen LogP contribution in [0.1, 0.15) is 98.6 Å². The molecule has 0 unspecified atom stereocenters. The molecule has 0 radical (unpaired) electrons. The van der Waals surface area contributed by atoms with E-state index in [0.717, 1.165) is 48.2 Å². The number of hydrogen-bond donors (Lipinski definition) is 1. The minimum atomic E-state index is -4.29. The molecule has 0 atom stereocenters. The quantitative estimate of drug-likeness (QED) is 0.428. The Hall–Kier alpha value is -1.69. The highest BCUT2D eigenvalue weighted by molar-refractivity contribution is 5.84. The van der Waals surface area contributed by atoms with Crippen molar-refractivity contribution < 1.29 is 23.1 Å². The molecule has 0 amide bonds. The van der Waals surface area contributed by atoms with Crippen LogP contribution in [0.3, 0.4) is 0 Å². The Labute approximate surface area is 197 Å². The average Bonchev–Trinajstić information content (AvgIpc) is 3.51. The molecule has 6 heteroatoms. The van der Waals surface area contributed by atoms with Crippen molar-refractivity contribution in [1.29, 1.82) is 0 Å². The standard InChI is InChI=1S/C14H21NO.C8H13F3O.C5H8/c1-6-11(3)15-13-8-7-12(9-10(13)2)14(4,5)16;1-4-6(12)5-7(2,3)8(9,10)11;1-5-2-4(5)3-5/h7-9,16H,6H2,1-5H3;4-5H2,1-3H3;4H,2-3H2,1H3. The van der Waals surface area contributed by atoms with E-state index in [0.29, 0.717) is 0 Å². The number of aryl methyl sites for hydroxylation is 1. The molecule has 2 aliphatic carbocycles. The normalized spacial score (nSPS) is 21.7. The minimum Gasteiger partial charge on any atom is -0.386 e. The van der Waals surface area contributed by atoms with Crippen LogP contribution in [0.4, 0.5) is 18.9 Å². The van der Waals surface area contributed by atoms with Gasteiger partial charge in [0.05, 0.1) is 16.7 Å². The van der Waals surface area contributed by atoms with Crippen LogP contribution < -0.4 is 0 Å². The first-order chi connectivity index (χ1) is 14.9. The van der Waals surface area contributed by atoms with Gasteiger partial charge in [0.1, 0.15) is 5.78 Å². The zero-order chi connectivity index (χ0) is 25.8. The lowest BCUT2D eigenvalue weighted by Crippen LogP contribution is -2.34. The van der Waals surface area contributed by atoms with E-state index in [1.165, 1.54) is 5.92 Å². The van der Waals surface area contributed by atoms with E-state index in [1.54, 1.807) is 33.6 Å². The molecule has 0 aromatic heterocycles. The predicted octanol–water partition coefficient (Wildman–Crippen LogP) is 8.09. The number of ketones is 1. The Bertz CT molecular complexity index is 842. The summed E-state index contributed by atoms with van der Waals surface area (Å²) in [7, 11) is 0. The Kier molecular flexibility index (Phi) is 9.52. The Morgan fingerprint density at radius 1 is 1.12 bits per heavy atom. The topological polar surface area (TPSA) is 49.7 Å². The van der Waals surface area contributed by atoms with E-state index < -0.39 is 23.6 Å². The number of aliphatic imine (C=N–C) groups is 1. The molecule has 1 aromatic carbocycles. The van der Waals surface area contributed by atoms with Gasteiger partial charge in [-0.2, -0.15) is 13.2 Å². The van der Waals surface area contributed by atoms with Crippen LogP contribution in [0.25, 0.3) is 0 Å². The van der Waals surface area contributed by atoms with Crippen molar-refractivity contribution >= 4 is 17.2 Å². The zero-order valence-corrected chi connectivity index (χ0v) is 21.8. The number of aliphatic hydroxyl groups is 1. The zero-order valence-electron chi connectivity index (χ0n) is 21.8. The van der Waals surface area contributed by atoms with Gasteiger partial charge < -0.3 is 5.11 Å². The summed E-state index contributed by atoms with van der Waals surface area (Å²) in [6, 6.07) is 5.92. The predicted molar refractivity (Wildman–Crippen MR) is 130 cm³/mol. The summed E-state index contributed by atoms with van der Waals surface area (Å²) in [6.07, 6.45) is -0.489. The fraction of sp³-hybridized carbons (Fsp3) is 0.704. The summed E-state index contributed by atoms with van der Waals surface area (Å²) in [4.78, 5) is 15.3. The number of carbonyl (C=O) groups excluding carboxylic acids is 1. The molecule has 0 saturated heterocycles. The molecule has 3 nitrogen and oxygen atoms in total. The summed E-state index contributed by atoms with van der Waals surface area (Å²) in [6.45, 7) is 15.8. The first-order valence-corrected chi connectivity index (χ1v) is 11.8. The van der Waals surface area contributed by atoms with Crippen molar-refractivity contribution in [3.8, 4) is 0 Å². The largest absolute Gasteiger partial charge is 0.394 e. The fourth-order valence-electron chi connectivity index (χ4n) is 3.11. The minimum absolute atomic E-state index is 0.166. The molecule has 33 heavy (non-hydrogen) atoms. The first kappa shape index (κ1) is 29.3. The van der Waals surface area contributed by atoms with Gasteiger partial charge in [0.2, 0.25) is 0 Å². The van der Waals surface area contributed by atoms with E-state index in [2.05, 4.69) is 18.8 Å². The lowest BCUT2D eigenvalue weighted by molar-refractivity contribution is -0.213. The first-order valence-electron chi connectivity index (χ1n) is 11.8. The molecule has 2 aliphatic rings. The molecule has 188 valence electrons. The molecule has 2 fully saturated rings. The Morgan fingerprint density at radius 3 is 1.91 bits per heavy atom. The SMILES string of the molecule is CC12CC1C2.CCC(=O)CC(C)(C)C(F)(F)F.CCC(C)=Nc1ccc(C(C)(C)O)cc1C. The monoisotopic (exact) mass is 469 g/mol. The highest BCUT2D eigenvalue weighted by Crippen LogP contribution is 2.74. The highest BCUT2D eigenvalue weighted by Gasteiger charge is 2.65. The molecular weight excluding hydrogens is 427 g/mol. The smallest absolute Gasteiger partial charge is 0.386 e. The number of fused-ring (bicyclic) bond motifs is 1. The number of halogens is 3. The fourth-order valence-corrected chi connectivity index (χ4v) is 3.11. The number of benzene rings is 1. The third-order valence-electron chi connectivity index (χ3n) is 6.62. The van der Waals surface area contributed by atoms with Gasteiger partial charge in [-0.15, -0.1) is 0 Å². The van der Waals surface area contributed by atoms with Crippen LogP contribution in [0, 0.1) is 23.7 Å². The van der Waals surface area contributed by atoms with E-state index >= 15 is 0 Å². The van der Waals surface area contributed by atoms with Crippen molar-refractivity contribution in [2.24, 2.45) is 21.7 Å². The van der Waals surface area contributed by atoms with Gasteiger partial charge in [0.25, 0.3) is 0 Å². The maximum atomic E-state index is 12.2. The van der Waals surface area contributed by atoms with Crippen LogP contribution in [0.2, 0.25) is 0 Å². The summed E-state index contributed by atoms with van der Waals surface area (Å²) >= 11 is 0. The van der Waals surface area contributed by atoms with Gasteiger partial charge in [0, 0.05) is 18.6 Å². The van der Waals surface area contributed by atoms with Crippen molar-refractivity contribution in [2.75, 3.05) is 0 Å². The molecule has 1 aromatic rings. The second kappa shape index (κ2) is 10.7. The van der Waals surface area contributed by atoms with Crippen molar-refractivity contribution in [3.05, 3.63) is 29.3 Å². The van der Waals surface area contributed by atoms with Crippen molar-refractivity contribution in [2.45, 2.75) is 106 Å². The summed E-state index contributed by atoms with van der Waals surface area (Å²) in [5.41, 5.74) is 2.39. The summed E-state index contributed by atoms with van der Waals surface area (Å²) in [5, 5.41) is 9.90. The second-order valence-corrected chi connectivity index (χ2v) is 11.0. The number of rotatable bonds is 6. The van der Waals surface area contributed by atoms with Gasteiger partial charge in [-0.3, -0.25) is 9.79 Å². The van der Waals surface area contributed by atoms with Crippen LogP contribution in [-0.4, -0.2) is 22.8 Å². The van der Waals surface area contributed by atoms with Gasteiger partial charge in [-0.05, 0) is 75.5 Å². The molecule has 0 heterocycles. The molecular formula is C27H42F3NO2. The Morgan fingerprint density at radius 2 is 1.61 bits per heavy atom. The van der Waals surface area contributed by atoms with Crippen molar-refractivity contribution in [3.63, 3.8) is 0 Å². The van der Waals surface area contributed by atoms with Crippen LogP contribution in [0.5, 0.6) is 0 Å². The van der Waals surface area contributed by atoms with E-state index in [-0.39, 0.29) is 12.2 Å². The molecule has 1 N–H and O–H groups in total. The highest BCUT2D eigenvalue weighted by atomic mass is 19.4. The molecule has 2 saturated carbocycles. The number of alkyl halides is 3. The van der Waals surface area contributed by atoms with Crippen molar-refractivity contribution in [1.82, 2.24) is 0 Å². The van der Waals surface area contributed by atoms with E-state index in [9.17, 15) is 23.1 Å². The lowest BCUT2D eigenvalue weighted by Gasteiger charge is -2.26.